The molecule has 0 saturated heterocycles. The molecule has 0 bridgehead atoms. The molecule has 1 aromatic carbocycles. The van der Waals surface area contributed by atoms with Gasteiger partial charge in [0.1, 0.15) is 0 Å². The summed E-state index contributed by atoms with van der Waals surface area (Å²) in [4.78, 5) is 0. The minimum atomic E-state index is -0.706. The van der Waals surface area contributed by atoms with Gasteiger partial charge in [0.15, 0.2) is 0 Å². The van der Waals surface area contributed by atoms with E-state index in [0.717, 1.165) is 30.7 Å². The molecule has 0 amide bonds. The Labute approximate surface area is 117 Å². The van der Waals surface area contributed by atoms with E-state index in [2.05, 4.69) is 11.4 Å². The first-order valence-corrected chi connectivity index (χ1v) is 8.24. The summed E-state index contributed by atoms with van der Waals surface area (Å²) in [5, 5.41) is 12.8. The zero-order valence-corrected chi connectivity index (χ0v) is 12.1. The highest BCUT2D eigenvalue weighted by Crippen LogP contribution is 2.43. The van der Waals surface area contributed by atoms with Gasteiger partial charge in [-0.15, -0.1) is 0 Å². The lowest BCUT2D eigenvalue weighted by atomic mass is 9.62. The zero-order valence-electron chi connectivity index (χ0n) is 11.3. The van der Waals surface area contributed by atoms with Crippen LogP contribution >= 0.6 is 0 Å². The van der Waals surface area contributed by atoms with Crippen molar-refractivity contribution in [3.63, 3.8) is 0 Å². The zero-order chi connectivity index (χ0) is 13.7. The van der Waals surface area contributed by atoms with Gasteiger partial charge in [0.25, 0.3) is 0 Å². The van der Waals surface area contributed by atoms with E-state index in [1.54, 1.807) is 0 Å². The topological polar surface area (TPSA) is 52.9 Å². The van der Waals surface area contributed by atoms with E-state index in [0.29, 0.717) is 11.8 Å². The van der Waals surface area contributed by atoms with Crippen LogP contribution in [0.25, 0.3) is 0 Å². The van der Waals surface area contributed by atoms with Crippen molar-refractivity contribution in [1.29, 1.82) is 5.26 Å². The van der Waals surface area contributed by atoms with Crippen LogP contribution in [0.4, 0.5) is 0 Å². The number of nitrogens with zero attached hydrogens (tertiary/aromatic N) is 1. The Bertz CT molecular complexity index is 475. The molecule has 1 atom stereocenters. The molecule has 1 aliphatic rings. The van der Waals surface area contributed by atoms with Gasteiger partial charge in [-0.3, -0.25) is 4.21 Å². The largest absolute Gasteiger partial charge is 0.313 e. The Morgan fingerprint density at radius 2 is 2.11 bits per heavy atom. The molecule has 0 aromatic heterocycles. The molecule has 4 heteroatoms. The minimum Gasteiger partial charge on any atom is -0.313 e. The van der Waals surface area contributed by atoms with E-state index in [9.17, 15) is 9.47 Å². The van der Waals surface area contributed by atoms with E-state index in [4.69, 9.17) is 0 Å². The van der Waals surface area contributed by atoms with Crippen molar-refractivity contribution in [1.82, 2.24) is 5.32 Å². The number of benzene rings is 1. The molecule has 1 aromatic rings. The second-order valence-corrected chi connectivity index (χ2v) is 6.92. The summed E-state index contributed by atoms with van der Waals surface area (Å²) < 4.78 is 11.3. The third kappa shape index (κ3) is 3.23. The lowest BCUT2D eigenvalue weighted by Crippen LogP contribution is -2.51. The predicted molar refractivity (Wildman–Crippen MR) is 78.3 cm³/mol. The van der Waals surface area contributed by atoms with Gasteiger partial charge in [0.05, 0.1) is 11.5 Å². The molecule has 0 heterocycles. The summed E-state index contributed by atoms with van der Waals surface area (Å²) in [6, 6.07) is 12.9. The van der Waals surface area contributed by atoms with E-state index in [1.165, 1.54) is 0 Å². The Hall–Kier alpha value is -1.18. The molecule has 19 heavy (non-hydrogen) atoms. The van der Waals surface area contributed by atoms with Crippen molar-refractivity contribution < 1.29 is 4.21 Å². The van der Waals surface area contributed by atoms with Crippen molar-refractivity contribution >= 4 is 10.8 Å². The van der Waals surface area contributed by atoms with E-state index in [-0.39, 0.29) is 5.41 Å². The molecule has 1 unspecified atom stereocenters. The first-order valence-electron chi connectivity index (χ1n) is 6.75. The Balaban J connectivity index is 1.84. The van der Waals surface area contributed by atoms with Gasteiger partial charge in [0, 0.05) is 34.9 Å². The van der Waals surface area contributed by atoms with Crippen molar-refractivity contribution in [2.24, 2.45) is 0 Å². The first-order chi connectivity index (χ1) is 9.20. The Kier molecular flexibility index (Phi) is 4.73. The first kappa shape index (κ1) is 14.2. The number of hydrogen-bond donors (Lipinski definition) is 1. The van der Waals surface area contributed by atoms with Crippen molar-refractivity contribution in [2.75, 3.05) is 18.1 Å². The highest BCUT2D eigenvalue weighted by molar-refractivity contribution is 7.84. The van der Waals surface area contributed by atoms with Crippen molar-refractivity contribution in [3.8, 4) is 6.07 Å². The summed E-state index contributed by atoms with van der Waals surface area (Å²) in [5.41, 5.74) is 0.802. The minimum absolute atomic E-state index is 0.317. The molecular weight excluding hydrogens is 256 g/mol. The van der Waals surface area contributed by atoms with Crippen LogP contribution < -0.4 is 5.32 Å². The average molecular weight is 276 g/mol. The molecule has 2 rings (SSSR count). The number of hydrogen-bond acceptors (Lipinski definition) is 3. The molecule has 0 radical (unpaired) electrons. The van der Waals surface area contributed by atoms with Crippen LogP contribution in [-0.2, 0) is 16.2 Å². The van der Waals surface area contributed by atoms with Gasteiger partial charge in [-0.25, -0.2) is 0 Å². The van der Waals surface area contributed by atoms with Gasteiger partial charge < -0.3 is 5.32 Å². The smallest absolute Gasteiger partial charge is 0.0852 e. The fourth-order valence-electron chi connectivity index (χ4n) is 2.60. The lowest BCUT2D eigenvalue weighted by molar-refractivity contribution is 0.230. The van der Waals surface area contributed by atoms with Gasteiger partial charge in [-0.1, -0.05) is 37.3 Å². The third-order valence-corrected chi connectivity index (χ3v) is 5.12. The van der Waals surface area contributed by atoms with E-state index < -0.39 is 10.8 Å². The molecular formula is C15H20N2OS. The maximum atomic E-state index is 11.3. The molecule has 3 nitrogen and oxygen atoms in total. The molecule has 0 aliphatic heterocycles. The van der Waals surface area contributed by atoms with Crippen molar-refractivity contribution in [2.45, 2.75) is 31.2 Å². The fraction of sp³-hybridized carbons (Fsp3) is 0.533. The third-order valence-electron chi connectivity index (χ3n) is 3.81. The van der Waals surface area contributed by atoms with Crippen molar-refractivity contribution in [3.05, 3.63) is 35.9 Å². The van der Waals surface area contributed by atoms with E-state index in [1.807, 2.05) is 37.3 Å². The molecule has 1 aliphatic carbocycles. The summed E-state index contributed by atoms with van der Waals surface area (Å²) in [5.74, 6) is 1.43. The fourth-order valence-corrected chi connectivity index (χ4v) is 3.23. The molecule has 102 valence electrons. The number of nitriles is 1. The molecule has 0 spiro atoms. The predicted octanol–water partition coefficient (Wildman–Crippen LogP) is 1.97. The number of rotatable bonds is 6. The van der Waals surface area contributed by atoms with Crippen LogP contribution in [-0.4, -0.2) is 28.3 Å². The molecule has 1 fully saturated rings. The van der Waals surface area contributed by atoms with E-state index >= 15 is 0 Å². The maximum absolute atomic E-state index is 11.3. The van der Waals surface area contributed by atoms with Crippen LogP contribution in [0.15, 0.2) is 30.3 Å². The summed E-state index contributed by atoms with van der Waals surface area (Å²) in [7, 11) is -0.706. The van der Waals surface area contributed by atoms with Crippen LogP contribution in [0, 0.1) is 11.3 Å². The average Bonchev–Trinajstić information content (AvgIpc) is 2.42. The molecule has 1 saturated carbocycles. The highest BCUT2D eigenvalue weighted by Gasteiger charge is 2.45. The number of nitrogens with one attached hydrogen (secondary N) is 1. The maximum Gasteiger partial charge on any atom is 0.0852 e. The lowest BCUT2D eigenvalue weighted by Gasteiger charge is -2.43. The van der Waals surface area contributed by atoms with Gasteiger partial charge in [-0.2, -0.15) is 5.26 Å². The quantitative estimate of drug-likeness (QED) is 0.864. The SMILES string of the molecule is CCS(=O)CCNC1CC(C#N)(c2ccccc2)C1. The van der Waals surface area contributed by atoms with Crippen LogP contribution in [0.5, 0.6) is 0 Å². The van der Waals surface area contributed by atoms with Gasteiger partial charge >= 0.3 is 0 Å². The summed E-state index contributed by atoms with van der Waals surface area (Å²) in [6.45, 7) is 2.72. The standard InChI is InChI=1S/C15H20N2OS/c1-2-19(18)9-8-17-14-10-15(11-14,12-16)13-6-4-3-5-7-13/h3-7,14,17H,2,8-11H2,1H3. The summed E-state index contributed by atoms with van der Waals surface area (Å²) in [6.07, 6.45) is 1.71. The van der Waals surface area contributed by atoms with Crippen LogP contribution in [0.2, 0.25) is 0 Å². The second-order valence-electron chi connectivity index (χ2n) is 5.05. The highest BCUT2D eigenvalue weighted by atomic mass is 32.2. The second kappa shape index (κ2) is 6.31. The normalized spacial score (nSPS) is 27.3. The van der Waals surface area contributed by atoms with Crippen LogP contribution in [0.1, 0.15) is 25.3 Å². The van der Waals surface area contributed by atoms with Gasteiger partial charge in [0.2, 0.25) is 0 Å². The molecule has 1 N–H and O–H groups in total. The van der Waals surface area contributed by atoms with Crippen LogP contribution in [0.3, 0.4) is 0 Å². The Morgan fingerprint density at radius 3 is 2.68 bits per heavy atom. The Morgan fingerprint density at radius 1 is 1.42 bits per heavy atom. The monoisotopic (exact) mass is 276 g/mol. The summed E-state index contributed by atoms with van der Waals surface area (Å²) >= 11 is 0. The van der Waals surface area contributed by atoms with Gasteiger partial charge in [-0.05, 0) is 18.4 Å².